The standard InChI is InChI=1S/C46H64N6O6/c1-7-47-42(55)46(29-35-17-10-8-11-18-35)24-16-26-50(32-46)41(54)39(28-36-22-23-37-19-13-14-20-38(37)27-36)49-43(56)51-30-33(2)52(34(3)31-51)40(53)21-12-9-15-25-48-44(57)58-45(4,5)6/h8,10-11,13-14,17-20,22-23,27,33-34,39H,7,9,12,15-16,21,24-26,28-32H2,1-6H3,(H,47,55)(H,48,57)(H,49,56)/t33?,34?,39?,46-/m0/s1. The lowest BCUT2D eigenvalue weighted by Gasteiger charge is -2.45. The van der Waals surface area contributed by atoms with E-state index >= 15 is 0 Å². The lowest BCUT2D eigenvalue weighted by atomic mass is 9.74. The van der Waals surface area contributed by atoms with Crippen molar-refractivity contribution in [3.63, 3.8) is 0 Å². The Labute approximate surface area is 344 Å². The van der Waals surface area contributed by atoms with Crippen molar-refractivity contribution in [2.24, 2.45) is 5.41 Å². The van der Waals surface area contributed by atoms with Crippen molar-refractivity contribution in [3.8, 4) is 0 Å². The molecule has 2 fully saturated rings. The lowest BCUT2D eigenvalue weighted by Crippen LogP contribution is -2.63. The van der Waals surface area contributed by atoms with Crippen LogP contribution in [0.25, 0.3) is 10.8 Å². The highest BCUT2D eigenvalue weighted by Crippen LogP contribution is 2.35. The van der Waals surface area contributed by atoms with E-state index in [9.17, 15) is 24.0 Å². The first-order valence-electron chi connectivity index (χ1n) is 21.1. The number of nitrogens with one attached hydrogen (secondary N) is 3. The van der Waals surface area contributed by atoms with Crippen molar-refractivity contribution in [2.45, 2.75) is 117 Å². The maximum atomic E-state index is 14.7. The van der Waals surface area contributed by atoms with Gasteiger partial charge in [0.05, 0.1) is 5.41 Å². The molecule has 0 spiro atoms. The van der Waals surface area contributed by atoms with Crippen molar-refractivity contribution < 1.29 is 28.7 Å². The Morgan fingerprint density at radius 1 is 0.828 bits per heavy atom. The number of nitrogens with zero attached hydrogens (tertiary/aromatic N) is 3. The summed E-state index contributed by atoms with van der Waals surface area (Å²) < 4.78 is 5.28. The van der Waals surface area contributed by atoms with Gasteiger partial charge in [0.1, 0.15) is 11.6 Å². The van der Waals surface area contributed by atoms with E-state index in [1.807, 2.05) is 113 Å². The Morgan fingerprint density at radius 2 is 1.52 bits per heavy atom. The summed E-state index contributed by atoms with van der Waals surface area (Å²) in [6.45, 7) is 13.7. The molecule has 5 rings (SSSR count). The van der Waals surface area contributed by atoms with Gasteiger partial charge in [-0.25, -0.2) is 9.59 Å². The number of amides is 6. The van der Waals surface area contributed by atoms with Crippen LogP contribution in [0.5, 0.6) is 0 Å². The van der Waals surface area contributed by atoms with Crippen molar-refractivity contribution in [3.05, 3.63) is 83.9 Å². The summed E-state index contributed by atoms with van der Waals surface area (Å²) >= 11 is 0. The molecular formula is C46H64N6O6. The number of alkyl carbamates (subject to hydrolysis) is 1. The van der Waals surface area contributed by atoms with Crippen LogP contribution in [0.4, 0.5) is 9.59 Å². The predicted octanol–water partition coefficient (Wildman–Crippen LogP) is 6.45. The number of ether oxygens (including phenoxy) is 1. The topological polar surface area (TPSA) is 140 Å². The molecule has 2 heterocycles. The van der Waals surface area contributed by atoms with Crippen LogP contribution in [0.15, 0.2) is 72.8 Å². The summed E-state index contributed by atoms with van der Waals surface area (Å²) in [6.07, 6.45) is 4.27. The molecule has 3 unspecified atom stereocenters. The number of carbonyl (C=O) groups is 5. The molecule has 6 amide bonds. The highest BCUT2D eigenvalue weighted by molar-refractivity contribution is 5.90. The van der Waals surface area contributed by atoms with E-state index in [1.54, 1.807) is 9.80 Å². The first-order chi connectivity index (χ1) is 27.7. The van der Waals surface area contributed by atoms with E-state index in [0.717, 1.165) is 34.7 Å². The zero-order chi connectivity index (χ0) is 41.9. The van der Waals surface area contributed by atoms with Gasteiger partial charge in [-0.3, -0.25) is 14.4 Å². The minimum Gasteiger partial charge on any atom is -0.444 e. The molecule has 3 aromatic rings. The van der Waals surface area contributed by atoms with Gasteiger partial charge >= 0.3 is 12.1 Å². The number of likely N-dealkylation sites (tertiary alicyclic amines) is 1. The molecule has 0 aromatic heterocycles. The van der Waals surface area contributed by atoms with E-state index in [0.29, 0.717) is 64.8 Å². The summed E-state index contributed by atoms with van der Waals surface area (Å²) in [4.78, 5) is 73.4. The molecule has 2 aliphatic rings. The molecule has 0 radical (unpaired) electrons. The van der Waals surface area contributed by atoms with Gasteiger partial charge in [0.15, 0.2) is 0 Å². The zero-order valence-electron chi connectivity index (χ0n) is 35.4. The third kappa shape index (κ3) is 12.0. The molecule has 2 aliphatic heterocycles. The lowest BCUT2D eigenvalue weighted by molar-refractivity contribution is -0.142. The first kappa shape index (κ1) is 44.0. The summed E-state index contributed by atoms with van der Waals surface area (Å²) in [7, 11) is 0. The first-order valence-corrected chi connectivity index (χ1v) is 21.1. The smallest absolute Gasteiger partial charge is 0.407 e. The fourth-order valence-corrected chi connectivity index (χ4v) is 8.52. The van der Waals surface area contributed by atoms with Crippen LogP contribution in [-0.2, 0) is 32.0 Å². The number of piperidine rings is 1. The third-order valence-electron chi connectivity index (χ3n) is 11.2. The maximum Gasteiger partial charge on any atom is 0.407 e. The fourth-order valence-electron chi connectivity index (χ4n) is 8.52. The molecule has 3 N–H and O–H groups in total. The molecule has 12 heteroatoms. The molecule has 12 nitrogen and oxygen atoms in total. The highest BCUT2D eigenvalue weighted by Gasteiger charge is 2.45. The van der Waals surface area contributed by atoms with Crippen LogP contribution in [0.2, 0.25) is 0 Å². The maximum absolute atomic E-state index is 14.7. The number of urea groups is 1. The van der Waals surface area contributed by atoms with E-state index < -0.39 is 23.2 Å². The highest BCUT2D eigenvalue weighted by atomic mass is 16.6. The minimum atomic E-state index is -0.870. The predicted molar refractivity (Wildman–Crippen MR) is 227 cm³/mol. The van der Waals surface area contributed by atoms with Crippen LogP contribution in [0.3, 0.4) is 0 Å². The van der Waals surface area contributed by atoms with E-state index in [2.05, 4.69) is 22.0 Å². The summed E-state index contributed by atoms with van der Waals surface area (Å²) in [5.74, 6) is -0.225. The molecule has 3 aromatic carbocycles. The summed E-state index contributed by atoms with van der Waals surface area (Å²) in [5.41, 5.74) is 0.612. The van der Waals surface area contributed by atoms with Gasteiger partial charge in [0.25, 0.3) is 0 Å². The fraction of sp³-hybridized carbons (Fsp3) is 0.543. The van der Waals surface area contributed by atoms with Crippen molar-refractivity contribution in [1.29, 1.82) is 0 Å². The third-order valence-corrected chi connectivity index (χ3v) is 11.2. The minimum absolute atomic E-state index is 0.0423. The Hall–Kier alpha value is -5.13. The Kier molecular flexibility index (Phi) is 15.2. The van der Waals surface area contributed by atoms with Gasteiger partial charge in [0, 0.05) is 64.2 Å². The van der Waals surface area contributed by atoms with Crippen LogP contribution in [-0.4, -0.2) is 108 Å². The second-order valence-electron chi connectivity index (χ2n) is 17.2. The van der Waals surface area contributed by atoms with E-state index in [4.69, 9.17) is 4.74 Å². The molecular weight excluding hydrogens is 733 g/mol. The van der Waals surface area contributed by atoms with Crippen LogP contribution in [0, 0.1) is 5.41 Å². The second kappa shape index (κ2) is 20.0. The largest absolute Gasteiger partial charge is 0.444 e. The van der Waals surface area contributed by atoms with Crippen LogP contribution < -0.4 is 16.0 Å². The van der Waals surface area contributed by atoms with Crippen molar-refractivity contribution in [2.75, 3.05) is 39.3 Å². The number of fused-ring (bicyclic) bond motifs is 1. The van der Waals surface area contributed by atoms with Gasteiger partial charge in [-0.15, -0.1) is 0 Å². The molecule has 2 saturated heterocycles. The number of rotatable bonds is 14. The van der Waals surface area contributed by atoms with E-state index in [-0.39, 0.29) is 48.8 Å². The number of unbranched alkanes of at least 4 members (excludes halogenated alkanes) is 2. The summed E-state index contributed by atoms with van der Waals surface area (Å²) in [6, 6.07) is 22.5. The quantitative estimate of drug-likeness (QED) is 0.160. The van der Waals surface area contributed by atoms with Gasteiger partial charge in [-0.05, 0) is 95.5 Å². The molecule has 58 heavy (non-hydrogen) atoms. The Balaban J connectivity index is 1.25. The number of hydrogen-bond donors (Lipinski definition) is 3. The van der Waals surface area contributed by atoms with Gasteiger partial charge in [-0.1, -0.05) is 79.2 Å². The van der Waals surface area contributed by atoms with Gasteiger partial charge < -0.3 is 35.4 Å². The van der Waals surface area contributed by atoms with Crippen LogP contribution in [0.1, 0.15) is 91.2 Å². The van der Waals surface area contributed by atoms with Gasteiger partial charge in [0.2, 0.25) is 17.7 Å². The normalized spacial score (nSPS) is 20.3. The van der Waals surface area contributed by atoms with Crippen molar-refractivity contribution >= 4 is 40.6 Å². The number of benzene rings is 3. The average molecular weight is 797 g/mol. The number of carbonyl (C=O) groups excluding carboxylic acids is 5. The average Bonchev–Trinajstić information content (AvgIpc) is 3.18. The molecule has 0 aliphatic carbocycles. The number of hydrogen-bond acceptors (Lipinski definition) is 6. The molecule has 314 valence electrons. The molecule has 0 saturated carbocycles. The van der Waals surface area contributed by atoms with Gasteiger partial charge in [-0.2, -0.15) is 0 Å². The molecule has 4 atom stereocenters. The zero-order valence-corrected chi connectivity index (χ0v) is 35.4. The summed E-state index contributed by atoms with van der Waals surface area (Å²) in [5, 5.41) is 11.1. The Morgan fingerprint density at radius 3 is 2.21 bits per heavy atom. The number of piperazine rings is 1. The van der Waals surface area contributed by atoms with Crippen molar-refractivity contribution in [1.82, 2.24) is 30.7 Å². The second-order valence-corrected chi connectivity index (χ2v) is 17.2. The Bertz CT molecular complexity index is 1870. The molecule has 0 bridgehead atoms. The monoisotopic (exact) mass is 796 g/mol. The van der Waals surface area contributed by atoms with Crippen LogP contribution >= 0.6 is 0 Å². The SMILES string of the molecule is CCNC(=O)[C@]1(Cc2ccccc2)CCCN(C(=O)C(Cc2ccc3ccccc3c2)NC(=O)N2CC(C)N(C(=O)CCCCCNC(=O)OC(C)(C)C)C(C)C2)C1. The van der Waals surface area contributed by atoms with E-state index in [1.165, 1.54) is 0 Å².